The van der Waals surface area contributed by atoms with Gasteiger partial charge in [-0.15, -0.1) is 0 Å². The van der Waals surface area contributed by atoms with E-state index in [4.69, 9.17) is 19.3 Å². The molecule has 0 spiro atoms. The highest BCUT2D eigenvalue weighted by Gasteiger charge is 2.15. The van der Waals surface area contributed by atoms with E-state index in [1.807, 2.05) is 18.2 Å². The van der Waals surface area contributed by atoms with Crippen molar-refractivity contribution in [3.05, 3.63) is 52.6 Å². The Labute approximate surface area is 150 Å². The minimum absolute atomic E-state index is 0.208. The Hall–Kier alpha value is -3.22. The van der Waals surface area contributed by atoms with Crippen molar-refractivity contribution in [3.63, 3.8) is 0 Å². The maximum absolute atomic E-state index is 12.4. The highest BCUT2D eigenvalue weighted by atomic mass is 16.7. The van der Waals surface area contributed by atoms with Gasteiger partial charge < -0.3 is 24.6 Å². The monoisotopic (exact) mass is 357 g/mol. The summed E-state index contributed by atoms with van der Waals surface area (Å²) in [6.45, 7) is 3.69. The highest BCUT2D eigenvalue weighted by Crippen LogP contribution is 2.32. The van der Waals surface area contributed by atoms with Crippen LogP contribution in [-0.4, -0.2) is 30.4 Å². The summed E-state index contributed by atoms with van der Waals surface area (Å²) < 4.78 is 15.9. The van der Waals surface area contributed by atoms with Crippen molar-refractivity contribution in [2.75, 3.05) is 13.4 Å². The number of aryl methyl sites for hydroxylation is 2. The number of carboxylic acid groups (broad SMARTS) is 1. The van der Waals surface area contributed by atoms with Crippen LogP contribution in [0.25, 0.3) is 0 Å². The van der Waals surface area contributed by atoms with Crippen LogP contribution in [0, 0.1) is 13.8 Å². The second kappa shape index (κ2) is 7.35. The summed E-state index contributed by atoms with van der Waals surface area (Å²) in [5, 5.41) is 11.6. The molecule has 2 N–H and O–H groups in total. The Morgan fingerprint density at radius 3 is 2.50 bits per heavy atom. The van der Waals surface area contributed by atoms with Gasteiger partial charge in [-0.3, -0.25) is 4.79 Å². The van der Waals surface area contributed by atoms with E-state index in [9.17, 15) is 9.59 Å². The number of benzene rings is 2. The van der Waals surface area contributed by atoms with Crippen LogP contribution >= 0.6 is 0 Å². The van der Waals surface area contributed by atoms with E-state index < -0.39 is 12.6 Å². The second-order valence-corrected chi connectivity index (χ2v) is 5.99. The number of nitrogens with one attached hydrogen (secondary N) is 1. The first-order valence-corrected chi connectivity index (χ1v) is 8.06. The zero-order chi connectivity index (χ0) is 18.7. The van der Waals surface area contributed by atoms with Gasteiger partial charge in [0.15, 0.2) is 18.1 Å². The molecule has 1 aliphatic heterocycles. The summed E-state index contributed by atoms with van der Waals surface area (Å²) in [6.07, 6.45) is 0. The van der Waals surface area contributed by atoms with Crippen LogP contribution in [0.5, 0.6) is 17.2 Å². The van der Waals surface area contributed by atoms with Gasteiger partial charge in [-0.25, -0.2) is 4.79 Å². The lowest BCUT2D eigenvalue weighted by Crippen LogP contribution is -2.23. The molecule has 0 radical (unpaired) electrons. The number of rotatable bonds is 6. The summed E-state index contributed by atoms with van der Waals surface area (Å²) >= 11 is 0. The summed E-state index contributed by atoms with van der Waals surface area (Å²) in [4.78, 5) is 23.1. The maximum atomic E-state index is 12.4. The number of amides is 1. The molecule has 0 unspecified atom stereocenters. The third kappa shape index (κ3) is 3.88. The molecule has 7 nitrogen and oxygen atoms in total. The standard InChI is InChI=1S/C19H19NO6/c1-11-5-14(6-12(2)18(11)24-9-17(21)22)19(23)20-8-13-3-4-15-16(7-13)26-10-25-15/h3-7H,8-10H2,1-2H3,(H,20,23)(H,21,22). The van der Waals surface area contributed by atoms with Crippen molar-refractivity contribution in [2.24, 2.45) is 0 Å². The van der Waals surface area contributed by atoms with E-state index in [1.165, 1.54) is 0 Å². The third-order valence-electron chi connectivity index (χ3n) is 3.95. The summed E-state index contributed by atoms with van der Waals surface area (Å²) in [7, 11) is 0. The number of fused-ring (bicyclic) bond motifs is 1. The molecular weight excluding hydrogens is 338 g/mol. The Bertz CT molecular complexity index is 838. The number of aliphatic carboxylic acids is 1. The summed E-state index contributed by atoms with van der Waals surface area (Å²) in [6, 6.07) is 8.88. The molecule has 0 aromatic heterocycles. The van der Waals surface area contributed by atoms with Gasteiger partial charge in [-0.1, -0.05) is 6.07 Å². The van der Waals surface area contributed by atoms with E-state index in [-0.39, 0.29) is 12.7 Å². The lowest BCUT2D eigenvalue weighted by atomic mass is 10.0. The summed E-state index contributed by atoms with van der Waals surface area (Å²) in [5.74, 6) is 0.583. The third-order valence-corrected chi connectivity index (χ3v) is 3.95. The molecule has 1 aliphatic rings. The SMILES string of the molecule is Cc1cc(C(=O)NCc2ccc3c(c2)OCO3)cc(C)c1OCC(=O)O. The fourth-order valence-electron chi connectivity index (χ4n) is 2.78. The molecule has 0 bridgehead atoms. The van der Waals surface area contributed by atoms with E-state index in [1.54, 1.807) is 26.0 Å². The lowest BCUT2D eigenvalue weighted by Gasteiger charge is -2.13. The fourth-order valence-corrected chi connectivity index (χ4v) is 2.78. The van der Waals surface area contributed by atoms with Crippen molar-refractivity contribution < 1.29 is 28.9 Å². The minimum atomic E-state index is -1.05. The van der Waals surface area contributed by atoms with E-state index in [0.717, 1.165) is 5.56 Å². The van der Waals surface area contributed by atoms with Gasteiger partial charge in [0.2, 0.25) is 6.79 Å². The molecule has 136 valence electrons. The highest BCUT2D eigenvalue weighted by molar-refractivity contribution is 5.94. The van der Waals surface area contributed by atoms with Crippen molar-refractivity contribution in [1.29, 1.82) is 0 Å². The second-order valence-electron chi connectivity index (χ2n) is 5.99. The van der Waals surface area contributed by atoms with Crippen LogP contribution in [0.4, 0.5) is 0 Å². The van der Waals surface area contributed by atoms with Crippen LogP contribution in [0.3, 0.4) is 0 Å². The number of hydrogen-bond acceptors (Lipinski definition) is 5. The molecule has 0 saturated heterocycles. The van der Waals surface area contributed by atoms with E-state index >= 15 is 0 Å². The molecule has 0 saturated carbocycles. The Morgan fingerprint density at radius 1 is 1.12 bits per heavy atom. The van der Waals surface area contributed by atoms with Gasteiger partial charge in [-0.2, -0.15) is 0 Å². The van der Waals surface area contributed by atoms with Gasteiger partial charge in [-0.05, 0) is 54.8 Å². The minimum Gasteiger partial charge on any atom is -0.481 e. The normalized spacial score (nSPS) is 11.9. The molecule has 2 aromatic rings. The van der Waals surface area contributed by atoms with E-state index in [2.05, 4.69) is 5.32 Å². The smallest absolute Gasteiger partial charge is 0.341 e. The number of carbonyl (C=O) groups excluding carboxylic acids is 1. The van der Waals surface area contributed by atoms with Crippen LogP contribution in [-0.2, 0) is 11.3 Å². The molecule has 1 heterocycles. The number of carboxylic acids is 1. The van der Waals surface area contributed by atoms with Crippen LogP contribution in [0.2, 0.25) is 0 Å². The predicted octanol–water partition coefficient (Wildman–Crippen LogP) is 2.43. The lowest BCUT2D eigenvalue weighted by molar-refractivity contribution is -0.139. The average Bonchev–Trinajstić information content (AvgIpc) is 3.06. The number of carbonyl (C=O) groups is 2. The molecular formula is C19H19NO6. The number of ether oxygens (including phenoxy) is 3. The van der Waals surface area contributed by atoms with Gasteiger partial charge in [0, 0.05) is 12.1 Å². The van der Waals surface area contributed by atoms with Crippen molar-refractivity contribution in [2.45, 2.75) is 20.4 Å². The Kier molecular flexibility index (Phi) is 4.97. The first kappa shape index (κ1) is 17.6. The molecule has 2 aromatic carbocycles. The van der Waals surface area contributed by atoms with Gasteiger partial charge >= 0.3 is 5.97 Å². The molecule has 3 rings (SSSR count). The quantitative estimate of drug-likeness (QED) is 0.825. The maximum Gasteiger partial charge on any atom is 0.341 e. The number of hydrogen-bond donors (Lipinski definition) is 2. The topological polar surface area (TPSA) is 94.1 Å². The molecule has 0 fully saturated rings. The van der Waals surface area contributed by atoms with Crippen molar-refractivity contribution in [1.82, 2.24) is 5.32 Å². The van der Waals surface area contributed by atoms with E-state index in [0.29, 0.717) is 40.5 Å². The van der Waals surface area contributed by atoms with Crippen LogP contribution in [0.15, 0.2) is 30.3 Å². The van der Waals surface area contributed by atoms with Crippen LogP contribution in [0.1, 0.15) is 27.0 Å². The molecule has 7 heteroatoms. The average molecular weight is 357 g/mol. The fraction of sp³-hybridized carbons (Fsp3) is 0.263. The zero-order valence-electron chi connectivity index (χ0n) is 14.5. The Balaban J connectivity index is 1.67. The largest absolute Gasteiger partial charge is 0.481 e. The molecule has 0 aliphatic carbocycles. The summed E-state index contributed by atoms with van der Waals surface area (Å²) in [5.41, 5.74) is 2.81. The molecule has 0 atom stereocenters. The molecule has 26 heavy (non-hydrogen) atoms. The Morgan fingerprint density at radius 2 is 1.81 bits per heavy atom. The molecule has 1 amide bonds. The first-order valence-electron chi connectivity index (χ1n) is 8.06. The zero-order valence-corrected chi connectivity index (χ0v) is 14.5. The van der Waals surface area contributed by atoms with Gasteiger partial charge in [0.05, 0.1) is 0 Å². The van der Waals surface area contributed by atoms with Gasteiger partial charge in [0.25, 0.3) is 5.91 Å². The van der Waals surface area contributed by atoms with Crippen LogP contribution < -0.4 is 19.5 Å². The van der Waals surface area contributed by atoms with Crippen molar-refractivity contribution in [3.8, 4) is 17.2 Å². The first-order chi connectivity index (χ1) is 12.4. The predicted molar refractivity (Wildman–Crippen MR) is 92.8 cm³/mol. The van der Waals surface area contributed by atoms with Gasteiger partial charge in [0.1, 0.15) is 5.75 Å². The van der Waals surface area contributed by atoms with Crippen molar-refractivity contribution >= 4 is 11.9 Å².